The highest BCUT2D eigenvalue weighted by Crippen LogP contribution is 2.12. The summed E-state index contributed by atoms with van der Waals surface area (Å²) in [6.07, 6.45) is 0.978. The lowest BCUT2D eigenvalue weighted by Crippen LogP contribution is -2.12. The minimum Gasteiger partial charge on any atom is -0.319 e. The highest BCUT2D eigenvalue weighted by Gasteiger charge is 2.03. The number of H-pyrrole nitrogens is 1. The van der Waals surface area contributed by atoms with Crippen molar-refractivity contribution in [2.24, 2.45) is 7.05 Å². The van der Waals surface area contributed by atoms with Crippen molar-refractivity contribution in [1.29, 1.82) is 0 Å². The van der Waals surface area contributed by atoms with E-state index in [-0.39, 0.29) is 5.69 Å². The molecule has 0 amide bonds. The molecular weight excluding hydrogens is 190 g/mol. The number of aromatic amines is 1. The first kappa shape index (κ1) is 9.98. The van der Waals surface area contributed by atoms with Crippen molar-refractivity contribution in [3.8, 4) is 0 Å². The summed E-state index contributed by atoms with van der Waals surface area (Å²) in [5.41, 5.74) is 3.05. The van der Waals surface area contributed by atoms with E-state index in [1.807, 2.05) is 13.1 Å². The van der Waals surface area contributed by atoms with Crippen molar-refractivity contribution in [3.05, 3.63) is 34.2 Å². The smallest absolute Gasteiger partial charge is 0.319 e. The molecular formula is C11H15N3O. The molecule has 4 nitrogen and oxygen atoms in total. The molecule has 2 N–H and O–H groups in total. The van der Waals surface area contributed by atoms with Gasteiger partial charge in [-0.05, 0) is 37.7 Å². The lowest BCUT2D eigenvalue weighted by molar-refractivity contribution is 0.791. The Balaban J connectivity index is 2.45. The highest BCUT2D eigenvalue weighted by atomic mass is 16.1. The lowest BCUT2D eigenvalue weighted by atomic mass is 10.1. The van der Waals surface area contributed by atoms with Gasteiger partial charge in [-0.15, -0.1) is 0 Å². The van der Waals surface area contributed by atoms with Crippen molar-refractivity contribution in [2.75, 3.05) is 13.6 Å². The molecule has 0 atom stereocenters. The lowest BCUT2D eigenvalue weighted by Gasteiger charge is -2.01. The number of fused-ring (bicyclic) bond motifs is 1. The van der Waals surface area contributed by atoms with Crippen LogP contribution in [0.15, 0.2) is 23.0 Å². The first-order chi connectivity index (χ1) is 7.22. The van der Waals surface area contributed by atoms with Gasteiger partial charge in [0.25, 0.3) is 0 Å². The van der Waals surface area contributed by atoms with Crippen molar-refractivity contribution in [3.63, 3.8) is 0 Å². The molecule has 0 aliphatic heterocycles. The molecule has 0 spiro atoms. The zero-order valence-electron chi connectivity index (χ0n) is 9.00. The van der Waals surface area contributed by atoms with Gasteiger partial charge in [-0.2, -0.15) is 0 Å². The number of hydrogen-bond acceptors (Lipinski definition) is 2. The quantitative estimate of drug-likeness (QED) is 0.772. The van der Waals surface area contributed by atoms with Crippen LogP contribution in [0.2, 0.25) is 0 Å². The summed E-state index contributed by atoms with van der Waals surface area (Å²) < 4.78 is 1.64. The van der Waals surface area contributed by atoms with Crippen LogP contribution in [0.1, 0.15) is 5.56 Å². The average Bonchev–Trinajstić information content (AvgIpc) is 2.52. The number of rotatable bonds is 3. The van der Waals surface area contributed by atoms with E-state index in [0.717, 1.165) is 24.0 Å². The minimum atomic E-state index is -0.0595. The monoisotopic (exact) mass is 205 g/mol. The molecule has 0 aliphatic rings. The van der Waals surface area contributed by atoms with Crippen molar-refractivity contribution >= 4 is 11.0 Å². The first-order valence-corrected chi connectivity index (χ1v) is 5.04. The fourth-order valence-electron chi connectivity index (χ4n) is 1.69. The second-order valence-corrected chi connectivity index (χ2v) is 3.69. The third kappa shape index (κ3) is 1.80. The van der Waals surface area contributed by atoms with Gasteiger partial charge in [-0.1, -0.05) is 6.07 Å². The number of benzene rings is 1. The van der Waals surface area contributed by atoms with Crippen LogP contribution in [0.25, 0.3) is 11.0 Å². The van der Waals surface area contributed by atoms with Gasteiger partial charge in [0.05, 0.1) is 11.0 Å². The molecule has 1 heterocycles. The topological polar surface area (TPSA) is 49.8 Å². The number of nitrogens with one attached hydrogen (secondary N) is 2. The van der Waals surface area contributed by atoms with E-state index in [1.165, 1.54) is 5.56 Å². The zero-order valence-corrected chi connectivity index (χ0v) is 9.00. The summed E-state index contributed by atoms with van der Waals surface area (Å²) in [5, 5.41) is 3.11. The molecule has 1 aromatic carbocycles. The molecule has 4 heteroatoms. The standard InChI is InChI=1S/C11H15N3O/c1-12-6-5-8-3-4-9-10(7-8)14(2)11(15)13-9/h3-4,7,12H,5-6H2,1-2H3,(H,13,15). The van der Waals surface area contributed by atoms with Crippen LogP contribution in [-0.4, -0.2) is 23.1 Å². The highest BCUT2D eigenvalue weighted by molar-refractivity contribution is 5.75. The van der Waals surface area contributed by atoms with Gasteiger partial charge in [0.1, 0.15) is 0 Å². The Kier molecular flexibility index (Phi) is 2.60. The van der Waals surface area contributed by atoms with Crippen LogP contribution in [0.5, 0.6) is 0 Å². The van der Waals surface area contributed by atoms with E-state index in [1.54, 1.807) is 11.6 Å². The number of hydrogen-bond donors (Lipinski definition) is 2. The maximum Gasteiger partial charge on any atom is 0.326 e. The second-order valence-electron chi connectivity index (χ2n) is 3.69. The van der Waals surface area contributed by atoms with Crippen LogP contribution in [0.3, 0.4) is 0 Å². The van der Waals surface area contributed by atoms with Crippen LogP contribution in [0, 0.1) is 0 Å². The first-order valence-electron chi connectivity index (χ1n) is 5.04. The molecule has 2 rings (SSSR count). The molecule has 0 fully saturated rings. The van der Waals surface area contributed by atoms with E-state index in [4.69, 9.17) is 0 Å². The maximum atomic E-state index is 11.4. The molecule has 80 valence electrons. The van der Waals surface area contributed by atoms with Gasteiger partial charge in [0, 0.05) is 7.05 Å². The van der Waals surface area contributed by atoms with Gasteiger partial charge in [-0.25, -0.2) is 4.79 Å². The normalized spacial score (nSPS) is 11.1. The Morgan fingerprint density at radius 2 is 2.27 bits per heavy atom. The third-order valence-electron chi connectivity index (χ3n) is 2.63. The molecule has 0 bridgehead atoms. The molecule has 0 saturated carbocycles. The largest absolute Gasteiger partial charge is 0.326 e. The minimum absolute atomic E-state index is 0.0595. The predicted octanol–water partition coefficient (Wildman–Crippen LogP) is 0.628. The van der Waals surface area contributed by atoms with E-state index in [0.29, 0.717) is 0 Å². The van der Waals surface area contributed by atoms with Crippen molar-refractivity contribution in [2.45, 2.75) is 6.42 Å². The zero-order chi connectivity index (χ0) is 10.8. The van der Waals surface area contributed by atoms with Crippen LogP contribution < -0.4 is 11.0 Å². The number of aromatic nitrogens is 2. The Bertz CT molecular complexity index is 524. The predicted molar refractivity (Wildman–Crippen MR) is 61.2 cm³/mol. The maximum absolute atomic E-state index is 11.4. The molecule has 0 radical (unpaired) electrons. The van der Waals surface area contributed by atoms with Crippen molar-refractivity contribution < 1.29 is 0 Å². The van der Waals surface area contributed by atoms with E-state index >= 15 is 0 Å². The van der Waals surface area contributed by atoms with Gasteiger partial charge in [-0.3, -0.25) is 4.57 Å². The average molecular weight is 205 g/mol. The van der Waals surface area contributed by atoms with Gasteiger partial charge in [0.2, 0.25) is 0 Å². The molecule has 1 aromatic heterocycles. The van der Waals surface area contributed by atoms with Crippen LogP contribution in [-0.2, 0) is 13.5 Å². The van der Waals surface area contributed by atoms with E-state index in [2.05, 4.69) is 22.4 Å². The van der Waals surface area contributed by atoms with E-state index < -0.39 is 0 Å². The Labute approximate surface area is 87.9 Å². The van der Waals surface area contributed by atoms with Gasteiger partial charge >= 0.3 is 5.69 Å². The SMILES string of the molecule is CNCCc1ccc2[nH]c(=O)n(C)c2c1. The number of imidazole rings is 1. The number of aryl methyl sites for hydroxylation is 1. The Morgan fingerprint density at radius 1 is 1.47 bits per heavy atom. The molecule has 0 unspecified atom stereocenters. The number of nitrogens with zero attached hydrogens (tertiary/aromatic N) is 1. The fourth-order valence-corrected chi connectivity index (χ4v) is 1.69. The summed E-state index contributed by atoms with van der Waals surface area (Å²) in [5.74, 6) is 0. The Hall–Kier alpha value is -1.55. The second kappa shape index (κ2) is 3.90. The van der Waals surface area contributed by atoms with Gasteiger partial charge < -0.3 is 10.3 Å². The number of likely N-dealkylation sites (N-methyl/N-ethyl adjacent to an activating group) is 1. The van der Waals surface area contributed by atoms with Crippen LogP contribution >= 0.6 is 0 Å². The van der Waals surface area contributed by atoms with E-state index in [9.17, 15) is 4.79 Å². The molecule has 0 aliphatic carbocycles. The molecule has 0 saturated heterocycles. The van der Waals surface area contributed by atoms with Gasteiger partial charge in [0.15, 0.2) is 0 Å². The third-order valence-corrected chi connectivity index (χ3v) is 2.63. The summed E-state index contributed by atoms with van der Waals surface area (Å²) in [6.45, 7) is 0.948. The fraction of sp³-hybridized carbons (Fsp3) is 0.364. The summed E-state index contributed by atoms with van der Waals surface area (Å²) >= 11 is 0. The van der Waals surface area contributed by atoms with Crippen LogP contribution in [0.4, 0.5) is 0 Å². The summed E-state index contributed by atoms with van der Waals surface area (Å²) in [7, 11) is 3.72. The summed E-state index contributed by atoms with van der Waals surface area (Å²) in [6, 6.07) is 6.07. The van der Waals surface area contributed by atoms with Crippen molar-refractivity contribution in [1.82, 2.24) is 14.9 Å². The molecule has 2 aromatic rings. The molecule has 15 heavy (non-hydrogen) atoms. The Morgan fingerprint density at radius 3 is 3.00 bits per heavy atom. The summed E-state index contributed by atoms with van der Waals surface area (Å²) in [4.78, 5) is 14.2.